The Morgan fingerprint density at radius 1 is 1.53 bits per heavy atom. The van der Waals surface area contributed by atoms with Crippen molar-refractivity contribution in [1.29, 1.82) is 0 Å². The molecule has 80 valence electrons. The van der Waals surface area contributed by atoms with Crippen molar-refractivity contribution in [3.63, 3.8) is 0 Å². The van der Waals surface area contributed by atoms with Crippen LogP contribution in [0.1, 0.15) is 10.6 Å². The summed E-state index contributed by atoms with van der Waals surface area (Å²) in [6.07, 6.45) is 3.55. The quantitative estimate of drug-likeness (QED) is 0.763. The van der Waals surface area contributed by atoms with Crippen molar-refractivity contribution in [3.05, 3.63) is 28.5 Å². The molecule has 0 radical (unpaired) electrons. The van der Waals surface area contributed by atoms with E-state index in [1.807, 2.05) is 23.3 Å². The summed E-state index contributed by atoms with van der Waals surface area (Å²) in [6, 6.07) is 0. The van der Waals surface area contributed by atoms with Crippen LogP contribution in [0.15, 0.2) is 17.9 Å². The van der Waals surface area contributed by atoms with E-state index in [1.165, 1.54) is 4.88 Å². The molecule has 15 heavy (non-hydrogen) atoms. The Bertz CT molecular complexity index is 394. The molecule has 2 aromatic heterocycles. The van der Waals surface area contributed by atoms with Crippen molar-refractivity contribution in [2.75, 3.05) is 6.54 Å². The van der Waals surface area contributed by atoms with Crippen molar-refractivity contribution in [3.8, 4) is 0 Å². The fourth-order valence-corrected chi connectivity index (χ4v) is 1.99. The Kier molecular flexibility index (Phi) is 3.41. The van der Waals surface area contributed by atoms with Crippen LogP contribution >= 0.6 is 11.3 Å². The highest BCUT2D eigenvalue weighted by molar-refractivity contribution is 7.09. The van der Waals surface area contributed by atoms with E-state index in [2.05, 4.69) is 20.6 Å². The van der Waals surface area contributed by atoms with Crippen LogP contribution in [0, 0.1) is 6.92 Å². The van der Waals surface area contributed by atoms with Gasteiger partial charge in [-0.15, -0.1) is 16.4 Å². The summed E-state index contributed by atoms with van der Waals surface area (Å²) < 4.78 is 1.81. The molecule has 0 spiro atoms. The van der Waals surface area contributed by atoms with Crippen molar-refractivity contribution in [1.82, 2.24) is 25.3 Å². The molecule has 6 heteroatoms. The minimum atomic E-state index is 0.845. The number of hydrogen-bond acceptors (Lipinski definition) is 5. The maximum atomic E-state index is 4.20. The van der Waals surface area contributed by atoms with Crippen LogP contribution < -0.4 is 5.32 Å². The molecule has 0 aliphatic heterocycles. The van der Waals surface area contributed by atoms with Gasteiger partial charge < -0.3 is 5.32 Å². The number of rotatable bonds is 5. The number of nitrogens with zero attached hydrogens (tertiary/aromatic N) is 4. The second-order valence-electron chi connectivity index (χ2n) is 3.20. The Morgan fingerprint density at radius 3 is 3.13 bits per heavy atom. The van der Waals surface area contributed by atoms with Crippen LogP contribution in [0.25, 0.3) is 0 Å². The Balaban J connectivity index is 1.70. The third kappa shape index (κ3) is 2.84. The number of aryl methyl sites for hydroxylation is 1. The van der Waals surface area contributed by atoms with Gasteiger partial charge in [-0.1, -0.05) is 5.21 Å². The maximum Gasteiger partial charge on any atom is 0.0798 e. The minimum absolute atomic E-state index is 0.845. The second-order valence-corrected chi connectivity index (χ2v) is 4.14. The summed E-state index contributed by atoms with van der Waals surface area (Å²) in [5.74, 6) is 0. The first-order valence-corrected chi connectivity index (χ1v) is 5.68. The Morgan fingerprint density at radius 2 is 2.47 bits per heavy atom. The van der Waals surface area contributed by atoms with Gasteiger partial charge in [0.1, 0.15) is 0 Å². The zero-order chi connectivity index (χ0) is 10.5. The summed E-state index contributed by atoms with van der Waals surface area (Å²) >= 11 is 1.69. The molecule has 0 aromatic carbocycles. The SMILES string of the molecule is Cc1ncsc1CNCCn1ccnn1. The fourth-order valence-electron chi connectivity index (χ4n) is 1.24. The molecule has 1 N–H and O–H groups in total. The van der Waals surface area contributed by atoms with Crippen molar-refractivity contribution in [2.24, 2.45) is 0 Å². The van der Waals surface area contributed by atoms with Crippen molar-refractivity contribution >= 4 is 11.3 Å². The highest BCUT2D eigenvalue weighted by Crippen LogP contribution is 2.10. The monoisotopic (exact) mass is 223 g/mol. The molecule has 0 saturated carbocycles. The topological polar surface area (TPSA) is 55.6 Å². The van der Waals surface area contributed by atoms with Gasteiger partial charge in [-0.2, -0.15) is 0 Å². The molecule has 0 bridgehead atoms. The van der Waals surface area contributed by atoms with Gasteiger partial charge >= 0.3 is 0 Å². The van der Waals surface area contributed by atoms with Gasteiger partial charge in [-0.25, -0.2) is 4.98 Å². The van der Waals surface area contributed by atoms with Crippen molar-refractivity contribution < 1.29 is 0 Å². The highest BCUT2D eigenvalue weighted by Gasteiger charge is 1.99. The van der Waals surface area contributed by atoms with Gasteiger partial charge in [-0.05, 0) is 6.92 Å². The lowest BCUT2D eigenvalue weighted by Crippen LogP contribution is -2.19. The van der Waals surface area contributed by atoms with E-state index in [9.17, 15) is 0 Å². The Hall–Kier alpha value is -1.27. The lowest BCUT2D eigenvalue weighted by atomic mass is 10.4. The largest absolute Gasteiger partial charge is 0.310 e. The summed E-state index contributed by atoms with van der Waals surface area (Å²) in [7, 11) is 0. The highest BCUT2D eigenvalue weighted by atomic mass is 32.1. The fraction of sp³-hybridized carbons (Fsp3) is 0.444. The van der Waals surface area contributed by atoms with Crippen LogP contribution in [0.2, 0.25) is 0 Å². The van der Waals surface area contributed by atoms with E-state index >= 15 is 0 Å². The molecular weight excluding hydrogens is 210 g/mol. The Labute approximate surface area is 92.2 Å². The summed E-state index contributed by atoms with van der Waals surface area (Å²) in [5, 5.41) is 11.0. The predicted molar refractivity (Wildman–Crippen MR) is 58.6 cm³/mol. The molecular formula is C9H13N5S. The average Bonchev–Trinajstić information content (AvgIpc) is 2.85. The molecule has 2 heterocycles. The second kappa shape index (κ2) is 4.99. The van der Waals surface area contributed by atoms with Gasteiger partial charge in [0.05, 0.1) is 23.9 Å². The first-order chi connectivity index (χ1) is 7.36. The van der Waals surface area contributed by atoms with Gasteiger partial charge in [-0.3, -0.25) is 4.68 Å². The van der Waals surface area contributed by atoms with Gasteiger partial charge in [0.2, 0.25) is 0 Å². The smallest absolute Gasteiger partial charge is 0.0798 e. The van der Waals surface area contributed by atoms with Gasteiger partial charge in [0, 0.05) is 24.2 Å². The third-order valence-corrected chi connectivity index (χ3v) is 3.06. The summed E-state index contributed by atoms with van der Waals surface area (Å²) in [6.45, 7) is 4.65. The first kappa shape index (κ1) is 10.3. The summed E-state index contributed by atoms with van der Waals surface area (Å²) in [5.41, 5.74) is 3.00. The molecule has 0 amide bonds. The molecule has 0 atom stereocenters. The molecule has 0 aliphatic carbocycles. The van der Waals surface area contributed by atoms with E-state index in [0.717, 1.165) is 25.3 Å². The van der Waals surface area contributed by atoms with Crippen LogP contribution in [0.3, 0.4) is 0 Å². The molecule has 0 saturated heterocycles. The standard InChI is InChI=1S/C9H13N5S/c1-8-9(15-7-11-8)6-10-2-4-14-5-3-12-13-14/h3,5,7,10H,2,4,6H2,1H3. The van der Waals surface area contributed by atoms with E-state index in [1.54, 1.807) is 17.5 Å². The van der Waals surface area contributed by atoms with E-state index in [0.29, 0.717) is 0 Å². The van der Waals surface area contributed by atoms with E-state index in [-0.39, 0.29) is 0 Å². The van der Waals surface area contributed by atoms with Crippen LogP contribution in [0.4, 0.5) is 0 Å². The minimum Gasteiger partial charge on any atom is -0.310 e. The molecule has 5 nitrogen and oxygen atoms in total. The van der Waals surface area contributed by atoms with Gasteiger partial charge in [0.15, 0.2) is 0 Å². The zero-order valence-electron chi connectivity index (χ0n) is 8.55. The molecule has 0 unspecified atom stereocenters. The molecule has 2 rings (SSSR count). The third-order valence-electron chi connectivity index (χ3n) is 2.12. The maximum absolute atomic E-state index is 4.20. The number of thiazole rings is 1. The lowest BCUT2D eigenvalue weighted by Gasteiger charge is -2.03. The van der Waals surface area contributed by atoms with Crippen LogP contribution in [-0.4, -0.2) is 26.5 Å². The number of nitrogens with one attached hydrogen (secondary N) is 1. The molecule has 2 aromatic rings. The van der Waals surface area contributed by atoms with Crippen LogP contribution in [-0.2, 0) is 13.1 Å². The number of hydrogen-bond donors (Lipinski definition) is 1. The van der Waals surface area contributed by atoms with Crippen LogP contribution in [0.5, 0.6) is 0 Å². The van der Waals surface area contributed by atoms with Gasteiger partial charge in [0.25, 0.3) is 0 Å². The molecule has 0 fully saturated rings. The average molecular weight is 223 g/mol. The lowest BCUT2D eigenvalue weighted by molar-refractivity contribution is 0.541. The predicted octanol–water partition coefficient (Wildman–Crippen LogP) is 0.833. The van der Waals surface area contributed by atoms with Crippen molar-refractivity contribution in [2.45, 2.75) is 20.0 Å². The molecule has 0 aliphatic rings. The zero-order valence-corrected chi connectivity index (χ0v) is 9.37. The number of aromatic nitrogens is 4. The normalized spacial score (nSPS) is 10.7. The van der Waals surface area contributed by atoms with E-state index < -0.39 is 0 Å². The summed E-state index contributed by atoms with van der Waals surface area (Å²) in [4.78, 5) is 5.50. The first-order valence-electron chi connectivity index (χ1n) is 4.80. The van der Waals surface area contributed by atoms with E-state index in [4.69, 9.17) is 0 Å².